The highest BCUT2D eigenvalue weighted by molar-refractivity contribution is 5.80. The third-order valence-electron chi connectivity index (χ3n) is 2.49. The minimum Gasteiger partial charge on any atom is -0.379 e. The summed E-state index contributed by atoms with van der Waals surface area (Å²) in [4.78, 5) is 21.7. The number of rotatable bonds is 17. The van der Waals surface area contributed by atoms with Crippen molar-refractivity contribution in [2.24, 2.45) is 5.73 Å². The topological polar surface area (TPSA) is 109 Å². The van der Waals surface area contributed by atoms with Gasteiger partial charge in [-0.2, -0.15) is 0 Å². The number of carbonyl (C=O) groups excluding carboxylic acids is 2. The first kappa shape index (κ1) is 24.2. The van der Waals surface area contributed by atoms with E-state index in [9.17, 15) is 9.59 Å². The van der Waals surface area contributed by atoms with Crippen molar-refractivity contribution >= 4 is 11.7 Å². The number of Topliss-reactive ketones (excluding diaryl/α,β-unsaturated/α-hetero) is 1. The Morgan fingerprint density at radius 1 is 0.870 bits per heavy atom. The van der Waals surface area contributed by atoms with Crippen LogP contribution < -0.4 is 11.1 Å². The molecule has 23 heavy (non-hydrogen) atoms. The molecule has 0 aliphatic carbocycles. The molecule has 0 heterocycles. The van der Waals surface area contributed by atoms with Crippen LogP contribution in [0.25, 0.3) is 0 Å². The van der Waals surface area contributed by atoms with Gasteiger partial charge in [0.2, 0.25) is 5.91 Å². The van der Waals surface area contributed by atoms with E-state index >= 15 is 0 Å². The summed E-state index contributed by atoms with van der Waals surface area (Å²) in [5, 5.41) is 2.98. The molecule has 0 aromatic rings. The van der Waals surface area contributed by atoms with Crippen LogP contribution in [0.1, 0.15) is 20.3 Å². The van der Waals surface area contributed by atoms with E-state index in [2.05, 4.69) is 5.32 Å². The summed E-state index contributed by atoms with van der Waals surface area (Å²) in [6, 6.07) is 0. The molecule has 1 amide bonds. The molecule has 0 radical (unpaired) electrons. The summed E-state index contributed by atoms with van der Waals surface area (Å²) in [6.07, 6.45) is 0.977. The Labute approximate surface area is 139 Å². The third kappa shape index (κ3) is 20.9. The zero-order valence-corrected chi connectivity index (χ0v) is 13.3. The van der Waals surface area contributed by atoms with Crippen LogP contribution >= 0.6 is 0 Å². The highest BCUT2D eigenvalue weighted by Crippen LogP contribution is 1.93. The van der Waals surface area contributed by atoms with Crippen molar-refractivity contribution in [3.05, 3.63) is 0 Å². The summed E-state index contributed by atoms with van der Waals surface area (Å²) in [5.41, 5.74) is 4.88. The van der Waals surface area contributed by atoms with Crippen LogP contribution in [0.4, 0.5) is 0 Å². The smallest absolute Gasteiger partial charge is 0.243 e. The van der Waals surface area contributed by atoms with E-state index in [1.54, 1.807) is 0 Å². The van der Waals surface area contributed by atoms with Crippen LogP contribution in [-0.2, 0) is 28.5 Å². The molecule has 0 fully saturated rings. The van der Waals surface area contributed by atoms with Gasteiger partial charge in [0, 0.05) is 19.6 Å². The van der Waals surface area contributed by atoms with Crippen LogP contribution in [0.2, 0.25) is 0 Å². The second-order valence-electron chi connectivity index (χ2n) is 4.54. The molecule has 3 N–H and O–H groups in total. The molecule has 0 aliphatic rings. The maximum Gasteiger partial charge on any atom is 0.243 e. The predicted octanol–water partition coefficient (Wildman–Crippen LogP) is -0.257. The average Bonchev–Trinajstić information content (AvgIpc) is 2.48. The van der Waals surface area contributed by atoms with Gasteiger partial charge in [-0.15, -0.1) is 0 Å². The average molecular weight is 336 g/mol. The summed E-state index contributed by atoms with van der Waals surface area (Å²) in [7, 11) is 1.87. The monoisotopic (exact) mass is 336 g/mol. The fourth-order valence-corrected chi connectivity index (χ4v) is 1.43. The Bertz CT molecular complexity index is 289. The fourth-order valence-electron chi connectivity index (χ4n) is 1.43. The molecular formula is C15H32N2O6. The number of ether oxygens (including phenoxy) is 4. The van der Waals surface area contributed by atoms with Crippen LogP contribution in [0.5, 0.6) is 0 Å². The highest BCUT2D eigenvalue weighted by Gasteiger charge is 2.03. The summed E-state index contributed by atoms with van der Waals surface area (Å²) < 4.78 is 20.7. The molecule has 0 spiro atoms. The first-order valence-electron chi connectivity index (χ1n) is 7.42. The lowest BCUT2D eigenvalue weighted by Gasteiger charge is -2.06. The van der Waals surface area contributed by atoms with Crippen LogP contribution in [0.3, 0.4) is 0 Å². The van der Waals surface area contributed by atoms with Gasteiger partial charge in [0.05, 0.1) is 33.0 Å². The largest absolute Gasteiger partial charge is 0.379 e. The SMILES string of the molecule is C.CNCCOCCOCCOCCCC(=O)COCC(N)=O. The van der Waals surface area contributed by atoms with Gasteiger partial charge < -0.3 is 30.0 Å². The van der Waals surface area contributed by atoms with E-state index in [1.165, 1.54) is 0 Å². The van der Waals surface area contributed by atoms with E-state index in [4.69, 9.17) is 24.7 Å². The third-order valence-corrected chi connectivity index (χ3v) is 2.49. The van der Waals surface area contributed by atoms with E-state index in [0.717, 1.165) is 6.54 Å². The van der Waals surface area contributed by atoms with E-state index < -0.39 is 5.91 Å². The summed E-state index contributed by atoms with van der Waals surface area (Å²) in [6.45, 7) is 3.79. The molecule has 0 aliphatic heterocycles. The number of ketones is 1. The van der Waals surface area contributed by atoms with Crippen LogP contribution in [-0.4, -0.2) is 78.1 Å². The van der Waals surface area contributed by atoms with Gasteiger partial charge in [-0.3, -0.25) is 9.59 Å². The maximum absolute atomic E-state index is 11.3. The number of carbonyl (C=O) groups is 2. The minimum absolute atomic E-state index is 0. The summed E-state index contributed by atoms with van der Waals surface area (Å²) >= 11 is 0. The zero-order chi connectivity index (χ0) is 16.5. The Hall–Kier alpha value is -1.06. The Morgan fingerprint density at radius 2 is 1.43 bits per heavy atom. The molecule has 0 unspecified atom stereocenters. The van der Waals surface area contributed by atoms with Gasteiger partial charge in [0.1, 0.15) is 13.2 Å². The number of primary amides is 1. The molecule has 0 saturated carbocycles. The van der Waals surface area contributed by atoms with Crippen LogP contribution in [0, 0.1) is 0 Å². The lowest BCUT2D eigenvalue weighted by molar-refractivity contribution is -0.128. The molecule has 0 atom stereocenters. The van der Waals surface area contributed by atoms with Crippen LogP contribution in [0.15, 0.2) is 0 Å². The fraction of sp³-hybridized carbons (Fsp3) is 0.867. The second kappa shape index (κ2) is 19.0. The zero-order valence-electron chi connectivity index (χ0n) is 13.3. The van der Waals surface area contributed by atoms with E-state index in [0.29, 0.717) is 52.5 Å². The molecule has 138 valence electrons. The Balaban J connectivity index is 0. The highest BCUT2D eigenvalue weighted by atomic mass is 16.5. The van der Waals surface area contributed by atoms with E-state index in [-0.39, 0.29) is 26.4 Å². The first-order chi connectivity index (χ1) is 10.7. The second-order valence-corrected chi connectivity index (χ2v) is 4.54. The Kier molecular flexibility index (Phi) is 20.0. The van der Waals surface area contributed by atoms with Gasteiger partial charge in [0.15, 0.2) is 5.78 Å². The molecule has 0 aromatic carbocycles. The molecule has 8 nitrogen and oxygen atoms in total. The van der Waals surface area contributed by atoms with Gasteiger partial charge >= 0.3 is 0 Å². The van der Waals surface area contributed by atoms with Crippen molar-refractivity contribution in [1.82, 2.24) is 5.32 Å². The standard InChI is InChI=1S/C14H28N2O6.CH4/c1-16-4-6-20-8-10-21-9-7-19-5-2-3-13(17)11-22-12-14(15)18;/h16H,2-12H2,1H3,(H2,15,18);1H4. The molecular weight excluding hydrogens is 304 g/mol. The van der Waals surface area contributed by atoms with Crippen molar-refractivity contribution in [1.29, 1.82) is 0 Å². The molecule has 0 rings (SSSR count). The first-order valence-corrected chi connectivity index (χ1v) is 7.42. The Morgan fingerprint density at radius 3 is 2.00 bits per heavy atom. The van der Waals surface area contributed by atoms with Crippen molar-refractivity contribution in [2.75, 3.05) is 66.4 Å². The van der Waals surface area contributed by atoms with Gasteiger partial charge in [-0.05, 0) is 13.5 Å². The number of hydrogen-bond acceptors (Lipinski definition) is 7. The normalized spacial score (nSPS) is 10.3. The van der Waals surface area contributed by atoms with Gasteiger partial charge in [-0.1, -0.05) is 7.43 Å². The number of likely N-dealkylation sites (N-methyl/N-ethyl adjacent to an activating group) is 1. The quantitative estimate of drug-likeness (QED) is 0.352. The number of hydrogen-bond donors (Lipinski definition) is 2. The number of nitrogens with two attached hydrogens (primary N) is 1. The molecule has 8 heteroatoms. The van der Waals surface area contributed by atoms with Crippen molar-refractivity contribution in [3.63, 3.8) is 0 Å². The van der Waals surface area contributed by atoms with Gasteiger partial charge in [0.25, 0.3) is 0 Å². The van der Waals surface area contributed by atoms with E-state index in [1.807, 2.05) is 7.05 Å². The lowest BCUT2D eigenvalue weighted by atomic mass is 10.2. The molecule has 0 aromatic heterocycles. The predicted molar refractivity (Wildman–Crippen MR) is 87.4 cm³/mol. The van der Waals surface area contributed by atoms with Crippen molar-refractivity contribution in [3.8, 4) is 0 Å². The van der Waals surface area contributed by atoms with Gasteiger partial charge in [-0.25, -0.2) is 0 Å². The minimum atomic E-state index is -0.580. The molecule has 0 bridgehead atoms. The van der Waals surface area contributed by atoms with Crippen molar-refractivity contribution < 1.29 is 28.5 Å². The number of amides is 1. The lowest BCUT2D eigenvalue weighted by Crippen LogP contribution is -2.21. The number of nitrogens with one attached hydrogen (secondary N) is 1. The van der Waals surface area contributed by atoms with Crippen molar-refractivity contribution in [2.45, 2.75) is 20.3 Å². The maximum atomic E-state index is 11.3. The molecule has 0 saturated heterocycles. The summed E-state index contributed by atoms with van der Waals surface area (Å²) in [5.74, 6) is -0.650.